The molecule has 1 aromatic carbocycles. The second-order valence-electron chi connectivity index (χ2n) is 5.11. The third kappa shape index (κ3) is 5.80. The first-order valence-electron chi connectivity index (χ1n) is 7.35. The molecule has 0 bridgehead atoms. The Kier molecular flexibility index (Phi) is 7.41. The standard InChI is InChI=1S/C16H27NO3/c1-4-17-16(3,13-18)11-6-12-20-15-9-7-14(8-10-15)19-5-2/h7-10,17-18H,4-6,11-13H2,1-3H3. The number of hydrogen-bond donors (Lipinski definition) is 2. The number of ether oxygens (including phenoxy) is 2. The summed E-state index contributed by atoms with van der Waals surface area (Å²) in [5, 5.41) is 12.7. The maximum Gasteiger partial charge on any atom is 0.119 e. The van der Waals surface area contributed by atoms with E-state index in [9.17, 15) is 5.11 Å². The van der Waals surface area contributed by atoms with Crippen LogP contribution in [0.3, 0.4) is 0 Å². The fourth-order valence-corrected chi connectivity index (χ4v) is 2.10. The van der Waals surface area contributed by atoms with Gasteiger partial charge in [-0.15, -0.1) is 0 Å². The fourth-order valence-electron chi connectivity index (χ4n) is 2.10. The van der Waals surface area contributed by atoms with E-state index in [-0.39, 0.29) is 12.1 Å². The van der Waals surface area contributed by atoms with Crippen LogP contribution < -0.4 is 14.8 Å². The predicted molar refractivity (Wildman–Crippen MR) is 81.5 cm³/mol. The Hall–Kier alpha value is -1.26. The largest absolute Gasteiger partial charge is 0.494 e. The van der Waals surface area contributed by atoms with Crippen LogP contribution in [0.5, 0.6) is 11.5 Å². The van der Waals surface area contributed by atoms with Gasteiger partial charge in [0.05, 0.1) is 19.8 Å². The second-order valence-corrected chi connectivity index (χ2v) is 5.11. The van der Waals surface area contributed by atoms with Crippen molar-refractivity contribution >= 4 is 0 Å². The molecule has 2 N–H and O–H groups in total. The first-order chi connectivity index (χ1) is 9.63. The summed E-state index contributed by atoms with van der Waals surface area (Å²) < 4.78 is 11.1. The Balaban J connectivity index is 2.30. The summed E-state index contributed by atoms with van der Waals surface area (Å²) >= 11 is 0. The molecule has 1 atom stereocenters. The lowest BCUT2D eigenvalue weighted by Gasteiger charge is -2.28. The highest BCUT2D eigenvalue weighted by Crippen LogP contribution is 2.18. The van der Waals surface area contributed by atoms with E-state index in [1.807, 2.05) is 45.0 Å². The minimum absolute atomic E-state index is 0.143. The Labute approximate surface area is 122 Å². The van der Waals surface area contributed by atoms with Crippen molar-refractivity contribution < 1.29 is 14.6 Å². The SMILES string of the molecule is CCNC(C)(CO)CCCOc1ccc(OCC)cc1. The number of benzene rings is 1. The molecular formula is C16H27NO3. The van der Waals surface area contributed by atoms with Crippen molar-refractivity contribution in [1.29, 1.82) is 0 Å². The summed E-state index contributed by atoms with van der Waals surface area (Å²) in [7, 11) is 0. The van der Waals surface area contributed by atoms with Crippen molar-refractivity contribution in [1.82, 2.24) is 5.32 Å². The molecule has 0 spiro atoms. The number of likely N-dealkylation sites (N-methyl/N-ethyl adjacent to an activating group) is 1. The monoisotopic (exact) mass is 281 g/mol. The zero-order valence-electron chi connectivity index (χ0n) is 12.8. The van der Waals surface area contributed by atoms with Crippen molar-refractivity contribution in [3.63, 3.8) is 0 Å². The van der Waals surface area contributed by atoms with Gasteiger partial charge in [0.25, 0.3) is 0 Å². The molecule has 0 radical (unpaired) electrons. The molecule has 4 heteroatoms. The van der Waals surface area contributed by atoms with E-state index >= 15 is 0 Å². The van der Waals surface area contributed by atoms with Crippen LogP contribution in [-0.2, 0) is 0 Å². The Morgan fingerprint density at radius 3 is 2.20 bits per heavy atom. The average Bonchev–Trinajstić information content (AvgIpc) is 2.46. The number of hydrogen-bond acceptors (Lipinski definition) is 4. The highest BCUT2D eigenvalue weighted by molar-refractivity contribution is 5.31. The number of aliphatic hydroxyl groups excluding tert-OH is 1. The molecule has 0 heterocycles. The van der Waals surface area contributed by atoms with Crippen LogP contribution in [0.1, 0.15) is 33.6 Å². The summed E-state index contributed by atoms with van der Waals surface area (Å²) in [5.41, 5.74) is -0.211. The number of aliphatic hydroxyl groups is 1. The molecule has 1 aromatic rings. The maximum absolute atomic E-state index is 9.40. The number of nitrogens with one attached hydrogen (secondary N) is 1. The van der Waals surface area contributed by atoms with Crippen LogP contribution in [-0.4, -0.2) is 37.0 Å². The smallest absolute Gasteiger partial charge is 0.119 e. The van der Waals surface area contributed by atoms with E-state index in [1.54, 1.807) is 0 Å². The molecule has 0 saturated carbocycles. The van der Waals surface area contributed by atoms with Gasteiger partial charge in [-0.25, -0.2) is 0 Å². The molecule has 20 heavy (non-hydrogen) atoms. The zero-order chi connectivity index (χ0) is 14.8. The first-order valence-corrected chi connectivity index (χ1v) is 7.35. The predicted octanol–water partition coefficient (Wildman–Crippen LogP) is 2.60. The van der Waals surface area contributed by atoms with Crippen molar-refractivity contribution in [3.8, 4) is 11.5 Å². The lowest BCUT2D eigenvalue weighted by molar-refractivity contribution is 0.158. The van der Waals surface area contributed by atoms with Gasteiger partial charge in [-0.3, -0.25) is 0 Å². The summed E-state index contributed by atoms with van der Waals surface area (Å²) in [6.07, 6.45) is 1.78. The molecule has 4 nitrogen and oxygen atoms in total. The van der Waals surface area contributed by atoms with Gasteiger partial charge in [0.15, 0.2) is 0 Å². The van der Waals surface area contributed by atoms with Gasteiger partial charge in [0, 0.05) is 5.54 Å². The van der Waals surface area contributed by atoms with Gasteiger partial charge < -0.3 is 19.9 Å². The molecule has 0 aliphatic heterocycles. The first kappa shape index (κ1) is 16.8. The minimum atomic E-state index is -0.211. The van der Waals surface area contributed by atoms with Crippen LogP contribution >= 0.6 is 0 Å². The van der Waals surface area contributed by atoms with Crippen LogP contribution in [0.15, 0.2) is 24.3 Å². The lowest BCUT2D eigenvalue weighted by Crippen LogP contribution is -2.45. The van der Waals surface area contributed by atoms with E-state index in [0.29, 0.717) is 13.2 Å². The summed E-state index contributed by atoms with van der Waals surface area (Å²) in [6, 6.07) is 7.66. The summed E-state index contributed by atoms with van der Waals surface area (Å²) in [6.45, 7) is 8.37. The van der Waals surface area contributed by atoms with E-state index in [4.69, 9.17) is 9.47 Å². The topological polar surface area (TPSA) is 50.7 Å². The van der Waals surface area contributed by atoms with Crippen molar-refractivity contribution in [3.05, 3.63) is 24.3 Å². The highest BCUT2D eigenvalue weighted by atomic mass is 16.5. The lowest BCUT2D eigenvalue weighted by atomic mass is 9.97. The van der Waals surface area contributed by atoms with E-state index in [0.717, 1.165) is 30.9 Å². The Bertz CT molecular complexity index is 366. The molecule has 1 unspecified atom stereocenters. The summed E-state index contributed by atoms with van der Waals surface area (Å²) in [5.74, 6) is 1.71. The Morgan fingerprint density at radius 1 is 1.10 bits per heavy atom. The van der Waals surface area contributed by atoms with Gasteiger partial charge in [-0.05, 0) is 57.5 Å². The van der Waals surface area contributed by atoms with E-state index < -0.39 is 0 Å². The molecule has 0 saturated heterocycles. The van der Waals surface area contributed by atoms with Crippen LogP contribution in [0, 0.1) is 0 Å². The molecular weight excluding hydrogens is 254 g/mol. The van der Waals surface area contributed by atoms with Gasteiger partial charge >= 0.3 is 0 Å². The van der Waals surface area contributed by atoms with Gasteiger partial charge in [-0.1, -0.05) is 6.92 Å². The van der Waals surface area contributed by atoms with E-state index in [1.165, 1.54) is 0 Å². The highest BCUT2D eigenvalue weighted by Gasteiger charge is 2.20. The zero-order valence-corrected chi connectivity index (χ0v) is 12.8. The van der Waals surface area contributed by atoms with E-state index in [2.05, 4.69) is 5.32 Å². The third-order valence-electron chi connectivity index (χ3n) is 3.23. The Morgan fingerprint density at radius 2 is 1.70 bits per heavy atom. The van der Waals surface area contributed by atoms with Crippen LogP contribution in [0.25, 0.3) is 0 Å². The molecule has 1 rings (SSSR count). The van der Waals surface area contributed by atoms with Crippen LogP contribution in [0.4, 0.5) is 0 Å². The average molecular weight is 281 g/mol. The second kappa shape index (κ2) is 8.82. The molecule has 0 amide bonds. The summed E-state index contributed by atoms with van der Waals surface area (Å²) in [4.78, 5) is 0. The van der Waals surface area contributed by atoms with Crippen molar-refractivity contribution in [2.24, 2.45) is 0 Å². The normalized spacial score (nSPS) is 13.8. The third-order valence-corrected chi connectivity index (χ3v) is 3.23. The maximum atomic E-state index is 9.40. The van der Waals surface area contributed by atoms with Crippen LogP contribution in [0.2, 0.25) is 0 Å². The van der Waals surface area contributed by atoms with Gasteiger partial charge in [0.2, 0.25) is 0 Å². The molecule has 114 valence electrons. The molecule has 0 fully saturated rings. The van der Waals surface area contributed by atoms with Crippen molar-refractivity contribution in [2.45, 2.75) is 39.2 Å². The number of rotatable bonds is 10. The minimum Gasteiger partial charge on any atom is -0.494 e. The van der Waals surface area contributed by atoms with Gasteiger partial charge in [-0.2, -0.15) is 0 Å². The molecule has 0 aliphatic carbocycles. The van der Waals surface area contributed by atoms with Crippen molar-refractivity contribution in [2.75, 3.05) is 26.4 Å². The van der Waals surface area contributed by atoms with Gasteiger partial charge in [0.1, 0.15) is 11.5 Å². The fraction of sp³-hybridized carbons (Fsp3) is 0.625. The molecule has 0 aromatic heterocycles. The quantitative estimate of drug-likeness (QED) is 0.647. The molecule has 0 aliphatic rings.